The van der Waals surface area contributed by atoms with Crippen LogP contribution in [0.4, 0.5) is 17.3 Å². The summed E-state index contributed by atoms with van der Waals surface area (Å²) in [6.45, 7) is 7.78. The van der Waals surface area contributed by atoms with Crippen molar-refractivity contribution in [2.45, 2.75) is 27.7 Å². The van der Waals surface area contributed by atoms with Crippen molar-refractivity contribution in [1.82, 2.24) is 9.97 Å². The molecule has 0 spiro atoms. The van der Waals surface area contributed by atoms with Gasteiger partial charge in [-0.2, -0.15) is 5.11 Å². The molecule has 0 amide bonds. The molecule has 2 N–H and O–H groups in total. The Bertz CT molecular complexity index is 623. The number of nitrogens with two attached hydrogens (primary N) is 1. The molecular weight excluding hydrogens is 238 g/mol. The molecule has 98 valence electrons. The molecule has 1 heterocycles. The Morgan fingerprint density at radius 3 is 2.21 bits per heavy atom. The Morgan fingerprint density at radius 2 is 1.58 bits per heavy atom. The highest BCUT2D eigenvalue weighted by Gasteiger charge is 2.06. The van der Waals surface area contributed by atoms with E-state index in [2.05, 4.69) is 33.2 Å². The topological polar surface area (TPSA) is 76.5 Å². The Morgan fingerprint density at radius 1 is 0.947 bits per heavy atom. The van der Waals surface area contributed by atoms with Gasteiger partial charge in [0.05, 0.1) is 17.1 Å². The predicted molar refractivity (Wildman–Crippen MR) is 76.0 cm³/mol. The molecule has 5 nitrogen and oxygen atoms in total. The summed E-state index contributed by atoms with van der Waals surface area (Å²) in [5.41, 5.74) is 10.9. The molecule has 0 aliphatic heterocycles. The van der Waals surface area contributed by atoms with Gasteiger partial charge < -0.3 is 5.73 Å². The Balaban J connectivity index is 2.41. The second-order valence-corrected chi connectivity index (χ2v) is 4.52. The Hall–Kier alpha value is -2.30. The highest BCUT2D eigenvalue weighted by molar-refractivity contribution is 5.51. The van der Waals surface area contributed by atoms with E-state index >= 15 is 0 Å². The van der Waals surface area contributed by atoms with Crippen LogP contribution in [-0.2, 0) is 0 Å². The fourth-order valence-corrected chi connectivity index (χ4v) is 1.83. The van der Waals surface area contributed by atoms with Gasteiger partial charge in [-0.1, -0.05) is 12.1 Å². The van der Waals surface area contributed by atoms with E-state index in [4.69, 9.17) is 5.73 Å². The molecule has 0 aliphatic rings. The number of aryl methyl sites for hydroxylation is 3. The van der Waals surface area contributed by atoms with Crippen molar-refractivity contribution in [3.05, 3.63) is 40.7 Å². The first-order valence-corrected chi connectivity index (χ1v) is 6.07. The number of hydrogen-bond donors (Lipinski definition) is 1. The predicted octanol–water partition coefficient (Wildman–Crippen LogP) is 3.71. The van der Waals surface area contributed by atoms with E-state index in [1.54, 1.807) is 0 Å². The van der Waals surface area contributed by atoms with Gasteiger partial charge in [-0.3, -0.25) is 0 Å². The fourth-order valence-electron chi connectivity index (χ4n) is 1.83. The molecule has 1 aromatic carbocycles. The number of anilines is 1. The van der Waals surface area contributed by atoms with Gasteiger partial charge in [0.1, 0.15) is 5.69 Å². The normalized spacial score (nSPS) is 11.2. The van der Waals surface area contributed by atoms with Crippen LogP contribution >= 0.6 is 0 Å². The molecule has 0 saturated carbocycles. The molecular formula is C14H17N5. The lowest BCUT2D eigenvalue weighted by atomic mass is 10.1. The van der Waals surface area contributed by atoms with Crippen LogP contribution in [0.25, 0.3) is 0 Å². The zero-order valence-electron chi connectivity index (χ0n) is 11.6. The lowest BCUT2D eigenvalue weighted by Crippen LogP contribution is -1.98. The van der Waals surface area contributed by atoms with Gasteiger partial charge in [-0.05, 0) is 44.9 Å². The zero-order chi connectivity index (χ0) is 14.0. The molecule has 0 saturated heterocycles. The molecule has 0 atom stereocenters. The molecule has 19 heavy (non-hydrogen) atoms. The van der Waals surface area contributed by atoms with Crippen molar-refractivity contribution in [2.75, 3.05) is 5.73 Å². The lowest BCUT2D eigenvalue weighted by molar-refractivity contribution is 1.04. The smallest absolute Gasteiger partial charge is 0.220 e. The van der Waals surface area contributed by atoms with Gasteiger partial charge in [-0.15, -0.1) is 5.11 Å². The van der Waals surface area contributed by atoms with Crippen molar-refractivity contribution in [1.29, 1.82) is 0 Å². The van der Waals surface area contributed by atoms with Gasteiger partial charge in [0.25, 0.3) is 0 Å². The number of rotatable bonds is 2. The molecule has 0 radical (unpaired) electrons. The summed E-state index contributed by atoms with van der Waals surface area (Å²) in [7, 11) is 0. The maximum atomic E-state index is 5.59. The van der Waals surface area contributed by atoms with Crippen LogP contribution in [0.3, 0.4) is 0 Å². The summed E-state index contributed by atoms with van der Waals surface area (Å²) in [5.74, 6) is 0.265. The van der Waals surface area contributed by atoms with Gasteiger partial charge in [-0.25, -0.2) is 9.97 Å². The lowest BCUT2D eigenvalue weighted by Gasteiger charge is -2.05. The summed E-state index contributed by atoms with van der Waals surface area (Å²) in [6, 6.07) is 5.96. The summed E-state index contributed by atoms with van der Waals surface area (Å²) >= 11 is 0. The fraction of sp³-hybridized carbons (Fsp3) is 0.286. The standard InChI is InChI=1S/C14H17N5/c1-8-6-5-7-12(9(8)2)18-19-13-10(3)16-14(15)17-11(13)4/h5-7H,1-4H3,(H2,15,16,17). The van der Waals surface area contributed by atoms with Crippen LogP contribution in [0.15, 0.2) is 28.4 Å². The third kappa shape index (κ3) is 2.76. The van der Waals surface area contributed by atoms with E-state index in [0.29, 0.717) is 5.69 Å². The molecule has 0 aliphatic carbocycles. The maximum absolute atomic E-state index is 5.59. The molecule has 2 rings (SSSR count). The van der Waals surface area contributed by atoms with Crippen LogP contribution < -0.4 is 5.73 Å². The summed E-state index contributed by atoms with van der Waals surface area (Å²) < 4.78 is 0. The van der Waals surface area contributed by atoms with E-state index in [0.717, 1.165) is 22.6 Å². The van der Waals surface area contributed by atoms with E-state index in [1.165, 1.54) is 5.56 Å². The van der Waals surface area contributed by atoms with Crippen molar-refractivity contribution >= 4 is 17.3 Å². The van der Waals surface area contributed by atoms with Crippen LogP contribution in [-0.4, -0.2) is 9.97 Å². The van der Waals surface area contributed by atoms with Crippen molar-refractivity contribution in [3.63, 3.8) is 0 Å². The third-order valence-electron chi connectivity index (χ3n) is 3.08. The first kappa shape index (κ1) is 13.1. The van der Waals surface area contributed by atoms with Crippen molar-refractivity contribution in [2.24, 2.45) is 10.2 Å². The SMILES string of the molecule is Cc1cccc(N=Nc2c(C)nc(N)nc2C)c1C. The summed E-state index contributed by atoms with van der Waals surface area (Å²) in [5, 5.41) is 8.56. The first-order chi connectivity index (χ1) is 8.99. The summed E-state index contributed by atoms with van der Waals surface area (Å²) in [6.07, 6.45) is 0. The molecule has 2 aromatic rings. The first-order valence-electron chi connectivity index (χ1n) is 6.07. The van der Waals surface area contributed by atoms with E-state index in [1.807, 2.05) is 32.9 Å². The number of nitrogens with zero attached hydrogens (tertiary/aromatic N) is 4. The van der Waals surface area contributed by atoms with Crippen LogP contribution in [0, 0.1) is 27.7 Å². The largest absolute Gasteiger partial charge is 0.368 e. The van der Waals surface area contributed by atoms with Crippen LogP contribution in [0.1, 0.15) is 22.5 Å². The maximum Gasteiger partial charge on any atom is 0.220 e. The highest BCUT2D eigenvalue weighted by atomic mass is 15.1. The van der Waals surface area contributed by atoms with Gasteiger partial charge >= 0.3 is 0 Å². The minimum Gasteiger partial charge on any atom is -0.368 e. The Labute approximate surface area is 112 Å². The van der Waals surface area contributed by atoms with Crippen molar-refractivity contribution < 1.29 is 0 Å². The molecule has 1 aromatic heterocycles. The second-order valence-electron chi connectivity index (χ2n) is 4.52. The minimum atomic E-state index is 0.265. The average Bonchev–Trinajstić information content (AvgIpc) is 2.33. The molecule has 5 heteroatoms. The molecule has 0 bridgehead atoms. The molecule has 0 fully saturated rings. The van der Waals surface area contributed by atoms with Crippen LogP contribution in [0.2, 0.25) is 0 Å². The quantitative estimate of drug-likeness (QED) is 0.831. The zero-order valence-corrected chi connectivity index (χ0v) is 11.6. The third-order valence-corrected chi connectivity index (χ3v) is 3.08. The van der Waals surface area contributed by atoms with Gasteiger partial charge in [0.2, 0.25) is 5.95 Å². The Kier molecular flexibility index (Phi) is 3.55. The van der Waals surface area contributed by atoms with E-state index < -0.39 is 0 Å². The average molecular weight is 255 g/mol. The number of hydrogen-bond acceptors (Lipinski definition) is 5. The van der Waals surface area contributed by atoms with E-state index in [-0.39, 0.29) is 5.95 Å². The monoisotopic (exact) mass is 255 g/mol. The number of azo groups is 1. The number of aromatic nitrogens is 2. The van der Waals surface area contributed by atoms with Crippen LogP contribution in [0.5, 0.6) is 0 Å². The van der Waals surface area contributed by atoms with Crippen molar-refractivity contribution in [3.8, 4) is 0 Å². The molecule has 0 unspecified atom stereocenters. The van der Waals surface area contributed by atoms with E-state index in [9.17, 15) is 0 Å². The number of benzene rings is 1. The highest BCUT2D eigenvalue weighted by Crippen LogP contribution is 2.26. The van der Waals surface area contributed by atoms with Gasteiger partial charge in [0.15, 0.2) is 0 Å². The second kappa shape index (κ2) is 5.14. The van der Waals surface area contributed by atoms with Gasteiger partial charge in [0, 0.05) is 0 Å². The number of nitrogen functional groups attached to an aromatic ring is 1. The minimum absolute atomic E-state index is 0.265. The summed E-state index contributed by atoms with van der Waals surface area (Å²) in [4.78, 5) is 8.20.